The molecule has 5 nitrogen and oxygen atoms in total. The molecule has 2 aliphatic rings. The highest BCUT2D eigenvalue weighted by atomic mass is 35.5. The van der Waals surface area contributed by atoms with Gasteiger partial charge in [-0.1, -0.05) is 17.7 Å². The van der Waals surface area contributed by atoms with Crippen molar-refractivity contribution in [3.8, 4) is 5.75 Å². The van der Waals surface area contributed by atoms with Gasteiger partial charge >= 0.3 is 0 Å². The lowest BCUT2D eigenvalue weighted by Gasteiger charge is -2.35. The van der Waals surface area contributed by atoms with Crippen LogP contribution in [0.25, 0.3) is 0 Å². The van der Waals surface area contributed by atoms with Gasteiger partial charge in [0.25, 0.3) is 0 Å². The Morgan fingerprint density at radius 2 is 2.00 bits per heavy atom. The predicted octanol–water partition coefficient (Wildman–Crippen LogP) is 3.59. The minimum absolute atomic E-state index is 0.0215. The molecule has 1 aromatic carbocycles. The first-order valence-corrected chi connectivity index (χ1v) is 9.69. The van der Waals surface area contributed by atoms with E-state index in [9.17, 15) is 9.90 Å². The molecule has 1 aliphatic carbocycles. The lowest BCUT2D eigenvalue weighted by molar-refractivity contribution is -0.0231. The molecule has 0 radical (unpaired) electrons. The first-order valence-electron chi connectivity index (χ1n) is 9.32. The average Bonchev–Trinajstić information content (AvgIpc) is 3.05. The number of anilines is 1. The van der Waals surface area contributed by atoms with E-state index in [1.165, 1.54) is 0 Å². The number of carbonyl (C=O) groups excluding carboxylic acids is 1. The summed E-state index contributed by atoms with van der Waals surface area (Å²) in [6.07, 6.45) is 2.45. The summed E-state index contributed by atoms with van der Waals surface area (Å²) in [6, 6.07) is 11.0. The van der Waals surface area contributed by atoms with Crippen LogP contribution >= 0.6 is 11.6 Å². The Morgan fingerprint density at radius 1 is 1.22 bits per heavy atom. The van der Waals surface area contributed by atoms with E-state index >= 15 is 0 Å². The summed E-state index contributed by atoms with van der Waals surface area (Å²) in [4.78, 5) is 18.1. The Kier molecular flexibility index (Phi) is 5.06. The van der Waals surface area contributed by atoms with Gasteiger partial charge < -0.3 is 14.7 Å². The summed E-state index contributed by atoms with van der Waals surface area (Å²) in [5.74, 6) is 2.48. The van der Waals surface area contributed by atoms with Crippen LogP contribution in [0.15, 0.2) is 42.6 Å². The second-order valence-electron chi connectivity index (χ2n) is 7.54. The minimum Gasteiger partial charge on any atom is -0.488 e. The molecule has 0 amide bonds. The third kappa shape index (κ3) is 3.94. The van der Waals surface area contributed by atoms with E-state index in [1.54, 1.807) is 25.3 Å². The molecule has 1 aromatic heterocycles. The molecule has 1 saturated heterocycles. The lowest BCUT2D eigenvalue weighted by Crippen LogP contribution is -2.42. The maximum atomic E-state index is 11.4. The molecule has 1 saturated carbocycles. The van der Waals surface area contributed by atoms with E-state index in [4.69, 9.17) is 16.3 Å². The number of hydrogen-bond donors (Lipinski definition) is 1. The Hall–Kier alpha value is -2.11. The standard InChI is InChI=1S/C21H23ClN2O3/c1-13(25)14-5-6-21(23-10-14)24-11-15-7-19(26)20(8-16(15)12-24)27-18-4-2-3-17(22)9-18/h2-6,9-10,15-16,19-20,26H,7-8,11-12H2,1H3/t15-,16+,19+,20+/m0/s1. The maximum absolute atomic E-state index is 11.4. The van der Waals surface area contributed by atoms with Gasteiger partial charge in [-0.25, -0.2) is 4.98 Å². The van der Waals surface area contributed by atoms with E-state index in [2.05, 4.69) is 9.88 Å². The zero-order valence-corrected chi connectivity index (χ0v) is 16.0. The number of ketones is 1. The largest absolute Gasteiger partial charge is 0.488 e. The van der Waals surface area contributed by atoms with Crippen molar-refractivity contribution in [2.75, 3.05) is 18.0 Å². The van der Waals surface area contributed by atoms with Gasteiger partial charge in [-0.3, -0.25) is 4.79 Å². The fraction of sp³-hybridized carbons (Fsp3) is 0.429. The summed E-state index contributed by atoms with van der Waals surface area (Å²) in [5, 5.41) is 11.2. The number of Topliss-reactive ketones (excluding diaryl/α,β-unsaturated/α-hetero) is 1. The van der Waals surface area contributed by atoms with Crippen molar-refractivity contribution in [3.63, 3.8) is 0 Å². The Balaban J connectivity index is 1.43. The Labute approximate surface area is 163 Å². The Morgan fingerprint density at radius 3 is 2.67 bits per heavy atom. The molecule has 4 atom stereocenters. The first-order chi connectivity index (χ1) is 13.0. The van der Waals surface area contributed by atoms with Crippen LogP contribution in [0.5, 0.6) is 5.75 Å². The molecular formula is C21H23ClN2O3. The second kappa shape index (κ2) is 7.49. The monoisotopic (exact) mass is 386 g/mol. The second-order valence-corrected chi connectivity index (χ2v) is 7.98. The number of aliphatic hydroxyl groups is 1. The fourth-order valence-electron chi connectivity index (χ4n) is 4.20. The van der Waals surface area contributed by atoms with Gasteiger partial charge in [0, 0.05) is 29.9 Å². The van der Waals surface area contributed by atoms with Crippen LogP contribution in [0.2, 0.25) is 5.02 Å². The van der Waals surface area contributed by atoms with Crippen molar-refractivity contribution in [3.05, 3.63) is 53.2 Å². The SMILES string of the molecule is CC(=O)c1ccc(N2C[C@H]3C[C@@H](Oc4cccc(Cl)c4)[C@H](O)C[C@H]3C2)nc1. The number of carbonyl (C=O) groups is 1. The van der Waals surface area contributed by atoms with Gasteiger partial charge in [0.05, 0.1) is 6.10 Å². The topological polar surface area (TPSA) is 62.7 Å². The van der Waals surface area contributed by atoms with Gasteiger partial charge in [-0.15, -0.1) is 0 Å². The summed E-state index contributed by atoms with van der Waals surface area (Å²) in [6.45, 7) is 3.31. The first kappa shape index (κ1) is 18.3. The average molecular weight is 387 g/mol. The molecule has 27 heavy (non-hydrogen) atoms. The molecule has 0 unspecified atom stereocenters. The van der Waals surface area contributed by atoms with Crippen molar-refractivity contribution in [2.24, 2.45) is 11.8 Å². The number of ether oxygens (including phenoxy) is 1. The summed E-state index contributed by atoms with van der Waals surface area (Å²) >= 11 is 6.03. The van der Waals surface area contributed by atoms with Crippen molar-refractivity contribution in [1.29, 1.82) is 0 Å². The van der Waals surface area contributed by atoms with Gasteiger partial charge in [0.2, 0.25) is 0 Å². The number of aliphatic hydroxyl groups excluding tert-OH is 1. The van der Waals surface area contributed by atoms with Crippen LogP contribution < -0.4 is 9.64 Å². The molecule has 142 valence electrons. The fourth-order valence-corrected chi connectivity index (χ4v) is 4.38. The summed E-state index contributed by atoms with van der Waals surface area (Å²) in [7, 11) is 0. The van der Waals surface area contributed by atoms with Crippen LogP contribution in [-0.4, -0.2) is 41.2 Å². The van der Waals surface area contributed by atoms with E-state index in [-0.39, 0.29) is 11.9 Å². The lowest BCUT2D eigenvalue weighted by atomic mass is 9.78. The number of benzene rings is 1. The van der Waals surface area contributed by atoms with Gasteiger partial charge in [0.1, 0.15) is 17.7 Å². The molecule has 2 fully saturated rings. The maximum Gasteiger partial charge on any atom is 0.161 e. The minimum atomic E-state index is -0.488. The highest BCUT2D eigenvalue weighted by Gasteiger charge is 2.43. The number of pyridine rings is 1. The quantitative estimate of drug-likeness (QED) is 0.813. The molecule has 4 rings (SSSR count). The van der Waals surface area contributed by atoms with Crippen molar-refractivity contribution >= 4 is 23.2 Å². The highest BCUT2D eigenvalue weighted by molar-refractivity contribution is 6.30. The van der Waals surface area contributed by atoms with Crippen LogP contribution in [0, 0.1) is 11.8 Å². The normalized spacial score (nSPS) is 27.3. The predicted molar refractivity (Wildman–Crippen MR) is 105 cm³/mol. The van der Waals surface area contributed by atoms with Crippen molar-refractivity contribution < 1.29 is 14.6 Å². The zero-order valence-electron chi connectivity index (χ0n) is 15.2. The smallest absolute Gasteiger partial charge is 0.161 e. The molecule has 0 bridgehead atoms. The molecule has 0 spiro atoms. The highest BCUT2D eigenvalue weighted by Crippen LogP contribution is 2.39. The van der Waals surface area contributed by atoms with E-state index in [1.807, 2.05) is 24.3 Å². The third-order valence-electron chi connectivity index (χ3n) is 5.65. The number of fused-ring (bicyclic) bond motifs is 1. The number of hydrogen-bond acceptors (Lipinski definition) is 5. The molecule has 1 N–H and O–H groups in total. The summed E-state index contributed by atoms with van der Waals surface area (Å²) < 4.78 is 6.03. The van der Waals surface area contributed by atoms with E-state index in [0.29, 0.717) is 28.2 Å². The van der Waals surface area contributed by atoms with Crippen LogP contribution in [0.4, 0.5) is 5.82 Å². The Bertz CT molecular complexity index is 826. The van der Waals surface area contributed by atoms with Crippen LogP contribution in [-0.2, 0) is 0 Å². The molecule has 2 heterocycles. The number of rotatable bonds is 4. The molecule has 2 aromatic rings. The van der Waals surface area contributed by atoms with E-state index in [0.717, 1.165) is 31.7 Å². The van der Waals surface area contributed by atoms with Gasteiger partial charge in [0.15, 0.2) is 5.78 Å². The number of aromatic nitrogens is 1. The van der Waals surface area contributed by atoms with Crippen LogP contribution in [0.1, 0.15) is 30.1 Å². The number of halogens is 1. The molecular weight excluding hydrogens is 364 g/mol. The van der Waals surface area contributed by atoms with Gasteiger partial charge in [-0.2, -0.15) is 0 Å². The molecule has 6 heteroatoms. The van der Waals surface area contributed by atoms with Gasteiger partial charge in [-0.05, 0) is 61.9 Å². The van der Waals surface area contributed by atoms with Crippen molar-refractivity contribution in [1.82, 2.24) is 4.98 Å². The van der Waals surface area contributed by atoms with Crippen LogP contribution in [0.3, 0.4) is 0 Å². The van der Waals surface area contributed by atoms with Crippen molar-refractivity contribution in [2.45, 2.75) is 32.0 Å². The number of nitrogens with zero attached hydrogens (tertiary/aromatic N) is 2. The van der Waals surface area contributed by atoms with E-state index < -0.39 is 6.10 Å². The molecule has 1 aliphatic heterocycles. The zero-order chi connectivity index (χ0) is 19.0. The summed E-state index contributed by atoms with van der Waals surface area (Å²) in [5.41, 5.74) is 0.626. The third-order valence-corrected chi connectivity index (χ3v) is 5.88.